The van der Waals surface area contributed by atoms with E-state index < -0.39 is 0 Å². The van der Waals surface area contributed by atoms with Crippen molar-refractivity contribution in [1.82, 2.24) is 20.2 Å². The Morgan fingerprint density at radius 1 is 1.43 bits per heavy atom. The van der Waals surface area contributed by atoms with Crippen LogP contribution in [0.5, 0.6) is 0 Å². The summed E-state index contributed by atoms with van der Waals surface area (Å²) in [5.41, 5.74) is 5.78. The molecule has 0 radical (unpaired) electrons. The van der Waals surface area contributed by atoms with E-state index in [-0.39, 0.29) is 5.41 Å². The van der Waals surface area contributed by atoms with Crippen LogP contribution in [0, 0.1) is 11.3 Å². The molecule has 80 valence electrons. The lowest BCUT2D eigenvalue weighted by Crippen LogP contribution is -2.24. The van der Waals surface area contributed by atoms with Gasteiger partial charge < -0.3 is 5.73 Å². The van der Waals surface area contributed by atoms with Gasteiger partial charge in [0.25, 0.3) is 0 Å². The number of tetrazole rings is 1. The van der Waals surface area contributed by atoms with Crippen LogP contribution in [0.2, 0.25) is 0 Å². The maximum absolute atomic E-state index is 5.52. The molecule has 1 heterocycles. The SMILES string of the molecule is CC(Cn1nnnc1CN)C(C)(C)C. The number of hydrogen-bond donors (Lipinski definition) is 1. The van der Waals surface area contributed by atoms with E-state index in [1.54, 1.807) is 4.68 Å². The van der Waals surface area contributed by atoms with Gasteiger partial charge in [-0.1, -0.05) is 27.7 Å². The summed E-state index contributed by atoms with van der Waals surface area (Å²) in [6.45, 7) is 10.0. The number of nitrogens with two attached hydrogens (primary N) is 1. The molecular weight excluding hydrogens is 178 g/mol. The second kappa shape index (κ2) is 4.04. The van der Waals surface area contributed by atoms with Gasteiger partial charge in [0.15, 0.2) is 5.82 Å². The standard InChI is InChI=1S/C9H19N5/c1-7(9(2,3)4)6-14-8(5-10)11-12-13-14/h7H,5-6,10H2,1-4H3. The number of rotatable bonds is 3. The summed E-state index contributed by atoms with van der Waals surface area (Å²) < 4.78 is 1.79. The normalized spacial score (nSPS) is 14.4. The van der Waals surface area contributed by atoms with Crippen molar-refractivity contribution in [2.24, 2.45) is 17.1 Å². The first-order valence-electron chi connectivity index (χ1n) is 4.90. The summed E-state index contributed by atoms with van der Waals surface area (Å²) in [5.74, 6) is 1.26. The third kappa shape index (κ3) is 2.51. The first-order valence-corrected chi connectivity index (χ1v) is 4.90. The van der Waals surface area contributed by atoms with Crippen molar-refractivity contribution in [2.75, 3.05) is 0 Å². The summed E-state index contributed by atoms with van der Waals surface area (Å²) in [4.78, 5) is 0. The van der Waals surface area contributed by atoms with Gasteiger partial charge in [0.1, 0.15) is 0 Å². The lowest BCUT2D eigenvalue weighted by atomic mass is 9.82. The van der Waals surface area contributed by atoms with E-state index in [0.29, 0.717) is 12.5 Å². The lowest BCUT2D eigenvalue weighted by Gasteiger charge is -2.26. The smallest absolute Gasteiger partial charge is 0.164 e. The average Bonchev–Trinajstić information content (AvgIpc) is 2.50. The van der Waals surface area contributed by atoms with E-state index in [1.807, 2.05) is 0 Å². The molecule has 0 aromatic carbocycles. The average molecular weight is 197 g/mol. The second-order valence-electron chi connectivity index (χ2n) is 4.75. The third-order valence-electron chi connectivity index (χ3n) is 2.71. The highest BCUT2D eigenvalue weighted by atomic mass is 15.5. The van der Waals surface area contributed by atoms with Crippen molar-refractivity contribution >= 4 is 0 Å². The van der Waals surface area contributed by atoms with Crippen molar-refractivity contribution in [3.63, 3.8) is 0 Å². The highest BCUT2D eigenvalue weighted by Gasteiger charge is 2.21. The molecule has 2 N–H and O–H groups in total. The van der Waals surface area contributed by atoms with Crippen LogP contribution >= 0.6 is 0 Å². The van der Waals surface area contributed by atoms with Gasteiger partial charge in [-0.15, -0.1) is 5.10 Å². The Hall–Kier alpha value is -0.970. The minimum atomic E-state index is 0.262. The molecule has 1 aromatic rings. The Morgan fingerprint density at radius 3 is 2.57 bits per heavy atom. The predicted molar refractivity (Wildman–Crippen MR) is 54.3 cm³/mol. The fourth-order valence-electron chi connectivity index (χ4n) is 1.04. The van der Waals surface area contributed by atoms with Gasteiger partial charge in [-0.2, -0.15) is 0 Å². The monoisotopic (exact) mass is 197 g/mol. The fraction of sp³-hybridized carbons (Fsp3) is 0.889. The van der Waals surface area contributed by atoms with Crippen LogP contribution in [0.4, 0.5) is 0 Å². The molecule has 1 rings (SSSR count). The summed E-state index contributed by atoms with van der Waals surface area (Å²) in [7, 11) is 0. The molecule has 0 saturated carbocycles. The first-order chi connectivity index (χ1) is 6.45. The molecule has 0 aliphatic heterocycles. The molecule has 5 heteroatoms. The van der Waals surface area contributed by atoms with Crippen LogP contribution in [0.3, 0.4) is 0 Å². The van der Waals surface area contributed by atoms with E-state index >= 15 is 0 Å². The Labute approximate surface area is 84.7 Å². The van der Waals surface area contributed by atoms with Crippen molar-refractivity contribution in [2.45, 2.75) is 40.8 Å². The quantitative estimate of drug-likeness (QED) is 0.778. The van der Waals surface area contributed by atoms with Crippen molar-refractivity contribution in [3.8, 4) is 0 Å². The third-order valence-corrected chi connectivity index (χ3v) is 2.71. The molecule has 5 nitrogen and oxygen atoms in total. The van der Waals surface area contributed by atoms with E-state index in [4.69, 9.17) is 5.73 Å². The van der Waals surface area contributed by atoms with Crippen LogP contribution in [0.1, 0.15) is 33.5 Å². The molecule has 1 aromatic heterocycles. The molecule has 14 heavy (non-hydrogen) atoms. The van der Waals surface area contributed by atoms with Gasteiger partial charge in [-0.05, 0) is 21.8 Å². The van der Waals surface area contributed by atoms with Gasteiger partial charge in [-0.3, -0.25) is 0 Å². The number of aromatic nitrogens is 4. The molecule has 0 spiro atoms. The zero-order valence-corrected chi connectivity index (χ0v) is 9.36. The maximum Gasteiger partial charge on any atom is 0.164 e. The van der Waals surface area contributed by atoms with Crippen molar-refractivity contribution in [3.05, 3.63) is 5.82 Å². The topological polar surface area (TPSA) is 69.6 Å². The highest BCUT2D eigenvalue weighted by Crippen LogP contribution is 2.26. The molecule has 1 unspecified atom stereocenters. The first kappa shape index (κ1) is 11.1. The summed E-state index contributed by atoms with van der Waals surface area (Å²) in [6, 6.07) is 0. The van der Waals surface area contributed by atoms with Crippen LogP contribution in [0.25, 0.3) is 0 Å². The number of hydrogen-bond acceptors (Lipinski definition) is 4. The Morgan fingerprint density at radius 2 is 2.07 bits per heavy atom. The molecule has 0 fully saturated rings. The number of nitrogens with zero attached hydrogens (tertiary/aromatic N) is 4. The lowest BCUT2D eigenvalue weighted by molar-refractivity contribution is 0.222. The maximum atomic E-state index is 5.52. The van der Waals surface area contributed by atoms with E-state index in [9.17, 15) is 0 Å². The fourth-order valence-corrected chi connectivity index (χ4v) is 1.04. The van der Waals surface area contributed by atoms with Crippen molar-refractivity contribution < 1.29 is 0 Å². The Bertz CT molecular complexity index is 286. The minimum absolute atomic E-state index is 0.262. The van der Waals surface area contributed by atoms with E-state index in [2.05, 4.69) is 43.2 Å². The van der Waals surface area contributed by atoms with Crippen molar-refractivity contribution in [1.29, 1.82) is 0 Å². The zero-order valence-electron chi connectivity index (χ0n) is 9.36. The minimum Gasteiger partial charge on any atom is -0.324 e. The van der Waals surface area contributed by atoms with Gasteiger partial charge in [0, 0.05) is 6.54 Å². The van der Waals surface area contributed by atoms with Gasteiger partial charge in [0.2, 0.25) is 0 Å². The predicted octanol–water partition coefficient (Wildman–Crippen LogP) is 0.814. The highest BCUT2D eigenvalue weighted by molar-refractivity contribution is 4.80. The summed E-state index contributed by atoms with van der Waals surface area (Å²) in [5, 5.41) is 11.4. The Balaban J connectivity index is 2.69. The molecule has 0 amide bonds. The Kier molecular flexibility index (Phi) is 3.21. The zero-order chi connectivity index (χ0) is 10.8. The largest absolute Gasteiger partial charge is 0.324 e. The van der Waals surface area contributed by atoms with Crippen LogP contribution in [-0.4, -0.2) is 20.2 Å². The van der Waals surface area contributed by atoms with Gasteiger partial charge in [-0.25, -0.2) is 4.68 Å². The van der Waals surface area contributed by atoms with E-state index in [1.165, 1.54) is 0 Å². The molecule has 0 aliphatic carbocycles. The van der Waals surface area contributed by atoms with E-state index in [0.717, 1.165) is 12.4 Å². The van der Waals surface area contributed by atoms with Gasteiger partial charge in [0.05, 0.1) is 6.54 Å². The molecule has 1 atom stereocenters. The molecule has 0 saturated heterocycles. The van der Waals surface area contributed by atoms with Gasteiger partial charge >= 0.3 is 0 Å². The summed E-state index contributed by atoms with van der Waals surface area (Å²) in [6.07, 6.45) is 0. The molecular formula is C9H19N5. The second-order valence-corrected chi connectivity index (χ2v) is 4.75. The van der Waals surface area contributed by atoms with Crippen LogP contribution in [0.15, 0.2) is 0 Å². The summed E-state index contributed by atoms with van der Waals surface area (Å²) >= 11 is 0. The van der Waals surface area contributed by atoms with Crippen LogP contribution < -0.4 is 5.73 Å². The van der Waals surface area contributed by atoms with Crippen LogP contribution in [-0.2, 0) is 13.1 Å². The molecule has 0 aliphatic rings. The molecule has 0 bridgehead atoms.